The van der Waals surface area contributed by atoms with Crippen LogP contribution in [0.2, 0.25) is 0 Å². The summed E-state index contributed by atoms with van der Waals surface area (Å²) in [6.07, 6.45) is 7.46. The van der Waals surface area contributed by atoms with E-state index in [1.165, 1.54) is 19.4 Å². The van der Waals surface area contributed by atoms with Crippen molar-refractivity contribution in [3.05, 3.63) is 70.8 Å². The lowest BCUT2D eigenvalue weighted by Crippen LogP contribution is -1.98. The number of alkyl halides is 2. The first kappa shape index (κ1) is 24.5. The van der Waals surface area contributed by atoms with Crippen LogP contribution in [0.15, 0.2) is 54.2 Å². The molecular weight excluding hydrogens is 494 g/mol. The Balaban J connectivity index is 1.59. The summed E-state index contributed by atoms with van der Waals surface area (Å²) >= 11 is 5.43. The van der Waals surface area contributed by atoms with E-state index in [0.717, 1.165) is 24.1 Å². The molecule has 10 heteroatoms. The van der Waals surface area contributed by atoms with Gasteiger partial charge in [0.25, 0.3) is 6.43 Å². The Bertz CT molecular complexity index is 1610. The van der Waals surface area contributed by atoms with Crippen molar-refractivity contribution < 1.29 is 13.5 Å². The normalized spacial score (nSPS) is 13.1. The summed E-state index contributed by atoms with van der Waals surface area (Å²) in [5.41, 5.74) is 3.74. The summed E-state index contributed by atoms with van der Waals surface area (Å²) in [5.74, 6) is 7.36. The van der Waals surface area contributed by atoms with Gasteiger partial charge in [-0.3, -0.25) is 4.98 Å². The molecule has 1 aliphatic carbocycles. The number of methoxy groups -OCH3 is 1. The highest BCUT2D eigenvalue weighted by Gasteiger charge is 2.18. The van der Waals surface area contributed by atoms with Gasteiger partial charge in [-0.05, 0) is 36.5 Å². The largest absolute Gasteiger partial charge is 0.494 e. The van der Waals surface area contributed by atoms with E-state index in [1.807, 2.05) is 29.8 Å². The Labute approximate surface area is 217 Å². The zero-order chi connectivity index (χ0) is 25.9. The van der Waals surface area contributed by atoms with Gasteiger partial charge in [-0.2, -0.15) is 0 Å². The number of aryl methyl sites for hydroxylation is 1. The molecule has 1 aliphatic rings. The van der Waals surface area contributed by atoms with E-state index in [4.69, 9.17) is 17.0 Å². The SMILES string of the molecule is COc1cnc(C(F)F)cc1-c1cc(-c2cncn2C)ccc1C=Nc1ncc(C#CC2CC2)[nH]c1=S. The highest BCUT2D eigenvalue weighted by Crippen LogP contribution is 2.36. The lowest BCUT2D eigenvalue weighted by Gasteiger charge is -2.14. The molecule has 0 spiro atoms. The van der Waals surface area contributed by atoms with Gasteiger partial charge in [0.05, 0.1) is 37.7 Å². The monoisotopic (exact) mass is 516 g/mol. The molecule has 0 bridgehead atoms. The number of rotatable bonds is 6. The molecule has 4 aromatic rings. The number of imidazole rings is 1. The van der Waals surface area contributed by atoms with Crippen molar-refractivity contribution in [1.29, 1.82) is 0 Å². The number of halogens is 2. The maximum Gasteiger partial charge on any atom is 0.280 e. The number of aromatic nitrogens is 5. The molecule has 1 fully saturated rings. The molecule has 1 N–H and O–H groups in total. The number of benzene rings is 1. The molecule has 0 aliphatic heterocycles. The second kappa shape index (κ2) is 10.4. The number of aliphatic imine (C=N–C) groups is 1. The molecule has 37 heavy (non-hydrogen) atoms. The lowest BCUT2D eigenvalue weighted by atomic mass is 9.96. The van der Waals surface area contributed by atoms with Crippen molar-refractivity contribution in [2.24, 2.45) is 18.0 Å². The van der Waals surface area contributed by atoms with Gasteiger partial charge in [-0.1, -0.05) is 30.3 Å². The number of nitrogens with one attached hydrogen (secondary N) is 1. The summed E-state index contributed by atoms with van der Waals surface area (Å²) in [6.45, 7) is 0. The number of nitrogens with zero attached hydrogens (tertiary/aromatic N) is 5. The van der Waals surface area contributed by atoms with Crippen molar-refractivity contribution in [1.82, 2.24) is 24.5 Å². The number of hydrogen-bond acceptors (Lipinski definition) is 6. The number of aromatic amines is 1. The zero-order valence-electron chi connectivity index (χ0n) is 20.1. The standard InChI is InChI=1S/C27H22F2N6OS/c1-35-15-30-13-23(35)17-6-7-18(20(9-17)21-10-22(25(28)29)31-14-24(21)36-2)11-32-26-27(37)34-19(12-33-26)8-5-16-3-4-16/h6-7,9-16,25H,3-4H2,1-2H3,(H,34,37). The predicted molar refractivity (Wildman–Crippen MR) is 140 cm³/mol. The van der Waals surface area contributed by atoms with Crippen molar-refractivity contribution in [2.45, 2.75) is 19.3 Å². The van der Waals surface area contributed by atoms with Gasteiger partial charge in [0.2, 0.25) is 0 Å². The first-order valence-electron chi connectivity index (χ1n) is 11.5. The second-order valence-electron chi connectivity index (χ2n) is 8.55. The Morgan fingerprint density at radius 2 is 2.03 bits per heavy atom. The van der Waals surface area contributed by atoms with Crippen molar-refractivity contribution >= 4 is 24.3 Å². The third-order valence-corrected chi connectivity index (χ3v) is 6.15. The number of pyridine rings is 1. The van der Waals surface area contributed by atoms with Gasteiger partial charge in [0, 0.05) is 35.9 Å². The third kappa shape index (κ3) is 5.47. The molecule has 0 unspecified atom stereocenters. The van der Waals surface area contributed by atoms with Crippen LogP contribution in [0.5, 0.6) is 5.75 Å². The average Bonchev–Trinajstić information content (AvgIpc) is 3.64. The Kier molecular flexibility index (Phi) is 6.88. The summed E-state index contributed by atoms with van der Waals surface area (Å²) in [5, 5.41) is 0. The predicted octanol–water partition coefficient (Wildman–Crippen LogP) is 6.06. The van der Waals surface area contributed by atoms with Crippen LogP contribution in [0.3, 0.4) is 0 Å². The average molecular weight is 517 g/mol. The lowest BCUT2D eigenvalue weighted by molar-refractivity contribution is 0.146. The van der Waals surface area contributed by atoms with Crippen LogP contribution in [0.4, 0.5) is 14.6 Å². The topological polar surface area (TPSA) is 81.0 Å². The van der Waals surface area contributed by atoms with E-state index in [1.54, 1.807) is 24.9 Å². The van der Waals surface area contributed by atoms with Gasteiger partial charge in [-0.25, -0.2) is 23.7 Å². The summed E-state index contributed by atoms with van der Waals surface area (Å²) in [6, 6.07) is 6.98. The fourth-order valence-corrected chi connectivity index (χ4v) is 3.95. The molecule has 0 saturated heterocycles. The van der Waals surface area contributed by atoms with E-state index in [2.05, 4.69) is 36.8 Å². The number of hydrogen-bond donors (Lipinski definition) is 1. The fourth-order valence-electron chi connectivity index (χ4n) is 3.74. The van der Waals surface area contributed by atoms with E-state index >= 15 is 0 Å². The smallest absolute Gasteiger partial charge is 0.280 e. The van der Waals surface area contributed by atoms with Gasteiger partial charge in [0.1, 0.15) is 21.8 Å². The molecule has 186 valence electrons. The minimum Gasteiger partial charge on any atom is -0.494 e. The first-order chi connectivity index (χ1) is 17.9. The van der Waals surface area contributed by atoms with Gasteiger partial charge >= 0.3 is 0 Å². The molecule has 0 radical (unpaired) electrons. The Hall–Kier alpha value is -4.23. The van der Waals surface area contributed by atoms with Crippen LogP contribution in [-0.2, 0) is 7.05 Å². The van der Waals surface area contributed by atoms with Crippen LogP contribution >= 0.6 is 12.2 Å². The molecule has 3 aromatic heterocycles. The van der Waals surface area contributed by atoms with Crippen molar-refractivity contribution in [3.63, 3.8) is 0 Å². The number of H-pyrrole nitrogens is 1. The minimum absolute atomic E-state index is 0.323. The van der Waals surface area contributed by atoms with Crippen LogP contribution in [-0.4, -0.2) is 37.8 Å². The summed E-state index contributed by atoms with van der Waals surface area (Å²) in [7, 11) is 3.35. The molecule has 7 nitrogen and oxygen atoms in total. The quantitative estimate of drug-likeness (QED) is 0.191. The highest BCUT2D eigenvalue weighted by molar-refractivity contribution is 7.71. The summed E-state index contributed by atoms with van der Waals surface area (Å²) < 4.78 is 34.8. The molecule has 0 atom stereocenters. The third-order valence-electron chi connectivity index (χ3n) is 5.87. The summed E-state index contributed by atoms with van der Waals surface area (Å²) in [4.78, 5) is 19.9. The van der Waals surface area contributed by atoms with Crippen LogP contribution in [0.25, 0.3) is 22.4 Å². The maximum atomic E-state index is 13.5. The highest BCUT2D eigenvalue weighted by atomic mass is 32.1. The Morgan fingerprint density at radius 3 is 2.70 bits per heavy atom. The maximum absolute atomic E-state index is 13.5. The number of ether oxygens (including phenoxy) is 1. The minimum atomic E-state index is -2.73. The van der Waals surface area contributed by atoms with Crippen LogP contribution < -0.4 is 4.74 Å². The van der Waals surface area contributed by atoms with Crippen LogP contribution in [0.1, 0.15) is 36.2 Å². The van der Waals surface area contributed by atoms with Crippen LogP contribution in [0, 0.1) is 22.4 Å². The second-order valence-corrected chi connectivity index (χ2v) is 8.96. The van der Waals surface area contributed by atoms with Gasteiger partial charge < -0.3 is 14.3 Å². The van der Waals surface area contributed by atoms with E-state index in [0.29, 0.717) is 44.5 Å². The van der Waals surface area contributed by atoms with Gasteiger partial charge in [0.15, 0.2) is 5.82 Å². The Morgan fingerprint density at radius 1 is 1.19 bits per heavy atom. The fraction of sp³-hybridized carbons (Fsp3) is 0.222. The van der Waals surface area contributed by atoms with Crippen molar-refractivity contribution in [2.75, 3.05) is 7.11 Å². The molecule has 1 saturated carbocycles. The zero-order valence-corrected chi connectivity index (χ0v) is 20.9. The van der Waals surface area contributed by atoms with E-state index < -0.39 is 6.43 Å². The van der Waals surface area contributed by atoms with E-state index in [9.17, 15) is 8.78 Å². The van der Waals surface area contributed by atoms with Crippen molar-refractivity contribution in [3.8, 4) is 40.0 Å². The molecule has 3 heterocycles. The molecule has 1 aromatic carbocycles. The molecule has 5 rings (SSSR count). The van der Waals surface area contributed by atoms with Gasteiger partial charge in [-0.15, -0.1) is 0 Å². The van der Waals surface area contributed by atoms with E-state index in [-0.39, 0.29) is 5.69 Å². The first-order valence-corrected chi connectivity index (χ1v) is 11.9. The molecule has 0 amide bonds. The molecular formula is C27H22F2N6OS.